The van der Waals surface area contributed by atoms with Crippen LogP contribution in [0, 0.1) is 11.8 Å². The van der Waals surface area contributed by atoms with Gasteiger partial charge in [0.05, 0.1) is 12.6 Å². The van der Waals surface area contributed by atoms with Crippen molar-refractivity contribution in [3.63, 3.8) is 0 Å². The Morgan fingerprint density at radius 3 is 2.75 bits per heavy atom. The Kier molecular flexibility index (Phi) is 5.85. The number of amides is 1. The Labute approximate surface area is 123 Å². The standard InChI is InChI=1S/C16H30N2O2/c1-11-6-4-7-14(12(11)2)18-16(19)10-17-13(3)15-8-5-9-20-15/h11-15,17H,4-10H2,1-3H3,(H,18,19)/t11-,12-,13-,14+,15+/m1/s1. The number of ether oxygens (including phenoxy) is 1. The summed E-state index contributed by atoms with van der Waals surface area (Å²) in [7, 11) is 0. The summed E-state index contributed by atoms with van der Waals surface area (Å²) < 4.78 is 5.63. The van der Waals surface area contributed by atoms with Gasteiger partial charge in [-0.05, 0) is 38.0 Å². The van der Waals surface area contributed by atoms with Crippen LogP contribution < -0.4 is 10.6 Å². The molecule has 2 aliphatic rings. The third-order valence-corrected chi connectivity index (χ3v) is 5.16. The summed E-state index contributed by atoms with van der Waals surface area (Å²) in [4.78, 5) is 12.1. The number of nitrogens with one attached hydrogen (secondary N) is 2. The maximum Gasteiger partial charge on any atom is 0.234 e. The highest BCUT2D eigenvalue weighted by Crippen LogP contribution is 2.29. The van der Waals surface area contributed by atoms with Crippen molar-refractivity contribution in [3.05, 3.63) is 0 Å². The minimum absolute atomic E-state index is 0.126. The van der Waals surface area contributed by atoms with Crippen molar-refractivity contribution in [2.24, 2.45) is 11.8 Å². The Morgan fingerprint density at radius 2 is 2.05 bits per heavy atom. The number of carbonyl (C=O) groups is 1. The molecule has 0 spiro atoms. The normalized spacial score (nSPS) is 35.8. The fourth-order valence-corrected chi connectivity index (χ4v) is 3.43. The second-order valence-corrected chi connectivity index (χ2v) is 6.66. The van der Waals surface area contributed by atoms with Crippen molar-refractivity contribution in [3.8, 4) is 0 Å². The van der Waals surface area contributed by atoms with Gasteiger partial charge in [0.2, 0.25) is 5.91 Å². The first-order valence-corrected chi connectivity index (χ1v) is 8.22. The number of rotatable bonds is 5. The van der Waals surface area contributed by atoms with E-state index >= 15 is 0 Å². The van der Waals surface area contributed by atoms with Gasteiger partial charge in [-0.15, -0.1) is 0 Å². The van der Waals surface area contributed by atoms with Gasteiger partial charge in [-0.2, -0.15) is 0 Å². The second kappa shape index (κ2) is 7.41. The zero-order chi connectivity index (χ0) is 14.5. The summed E-state index contributed by atoms with van der Waals surface area (Å²) in [5.74, 6) is 1.43. The van der Waals surface area contributed by atoms with Crippen LogP contribution in [0.1, 0.15) is 52.9 Å². The first-order chi connectivity index (χ1) is 9.58. The smallest absolute Gasteiger partial charge is 0.234 e. The summed E-state index contributed by atoms with van der Waals surface area (Å²) in [5.41, 5.74) is 0. The van der Waals surface area contributed by atoms with E-state index in [4.69, 9.17) is 4.74 Å². The Bertz CT molecular complexity index is 316. The van der Waals surface area contributed by atoms with Gasteiger partial charge >= 0.3 is 0 Å². The average molecular weight is 282 g/mol. The molecule has 0 radical (unpaired) electrons. The monoisotopic (exact) mass is 282 g/mol. The highest BCUT2D eigenvalue weighted by atomic mass is 16.5. The number of carbonyl (C=O) groups excluding carboxylic acids is 1. The molecule has 1 heterocycles. The molecule has 4 nitrogen and oxygen atoms in total. The lowest BCUT2D eigenvalue weighted by Crippen LogP contribution is -2.49. The zero-order valence-electron chi connectivity index (χ0n) is 13.2. The van der Waals surface area contributed by atoms with Crippen LogP contribution >= 0.6 is 0 Å². The summed E-state index contributed by atoms with van der Waals surface area (Å²) in [6.45, 7) is 7.92. The molecule has 1 amide bonds. The largest absolute Gasteiger partial charge is 0.377 e. The van der Waals surface area contributed by atoms with Gasteiger partial charge in [0.15, 0.2) is 0 Å². The van der Waals surface area contributed by atoms with Crippen LogP contribution in [0.5, 0.6) is 0 Å². The molecule has 2 N–H and O–H groups in total. The van der Waals surface area contributed by atoms with E-state index in [0.717, 1.165) is 25.9 Å². The molecular formula is C16H30N2O2. The molecule has 1 saturated carbocycles. The third kappa shape index (κ3) is 4.19. The van der Waals surface area contributed by atoms with E-state index in [1.54, 1.807) is 0 Å². The maximum absolute atomic E-state index is 12.1. The maximum atomic E-state index is 12.1. The minimum Gasteiger partial charge on any atom is -0.377 e. The summed E-state index contributed by atoms with van der Waals surface area (Å²) in [5, 5.41) is 6.51. The molecule has 1 aliphatic carbocycles. The van der Waals surface area contributed by atoms with Gasteiger partial charge in [-0.3, -0.25) is 4.79 Å². The van der Waals surface area contributed by atoms with Crippen molar-refractivity contribution in [1.82, 2.24) is 10.6 Å². The Balaban J connectivity index is 1.69. The highest BCUT2D eigenvalue weighted by Gasteiger charge is 2.28. The second-order valence-electron chi connectivity index (χ2n) is 6.66. The molecule has 0 unspecified atom stereocenters. The van der Waals surface area contributed by atoms with Crippen LogP contribution in [0.4, 0.5) is 0 Å². The molecule has 0 bridgehead atoms. The molecule has 4 heteroatoms. The molecule has 0 aromatic heterocycles. The van der Waals surface area contributed by atoms with E-state index < -0.39 is 0 Å². The topological polar surface area (TPSA) is 50.4 Å². The number of hydrogen-bond donors (Lipinski definition) is 2. The highest BCUT2D eigenvalue weighted by molar-refractivity contribution is 5.78. The first kappa shape index (κ1) is 15.8. The molecule has 2 rings (SSSR count). The molecular weight excluding hydrogens is 252 g/mol. The van der Waals surface area contributed by atoms with Gasteiger partial charge in [0.25, 0.3) is 0 Å². The van der Waals surface area contributed by atoms with E-state index in [9.17, 15) is 4.79 Å². The quantitative estimate of drug-likeness (QED) is 0.812. The molecule has 116 valence electrons. The summed E-state index contributed by atoms with van der Waals surface area (Å²) in [6.07, 6.45) is 6.17. The van der Waals surface area contributed by atoms with Crippen LogP contribution in [0.15, 0.2) is 0 Å². The van der Waals surface area contributed by atoms with Crippen LogP contribution in [0.25, 0.3) is 0 Å². The number of hydrogen-bond acceptors (Lipinski definition) is 3. The Morgan fingerprint density at radius 1 is 1.25 bits per heavy atom. The van der Waals surface area contributed by atoms with Gasteiger partial charge in [0, 0.05) is 18.7 Å². The SMILES string of the molecule is C[C@@H]1[C@H](C)CCC[C@@H]1NC(=O)CN[C@H](C)[C@@H]1CCCO1. The fourth-order valence-electron chi connectivity index (χ4n) is 3.43. The van der Waals surface area contributed by atoms with Crippen molar-refractivity contribution >= 4 is 5.91 Å². The molecule has 2 fully saturated rings. The van der Waals surface area contributed by atoms with Crippen LogP contribution in [0.3, 0.4) is 0 Å². The van der Waals surface area contributed by atoms with Gasteiger partial charge in [-0.1, -0.05) is 26.7 Å². The van der Waals surface area contributed by atoms with Gasteiger partial charge in [-0.25, -0.2) is 0 Å². The lowest BCUT2D eigenvalue weighted by molar-refractivity contribution is -0.121. The fraction of sp³-hybridized carbons (Fsp3) is 0.938. The lowest BCUT2D eigenvalue weighted by atomic mass is 9.78. The lowest BCUT2D eigenvalue weighted by Gasteiger charge is -2.34. The third-order valence-electron chi connectivity index (χ3n) is 5.16. The van der Waals surface area contributed by atoms with Crippen molar-refractivity contribution in [2.75, 3.05) is 13.2 Å². The van der Waals surface area contributed by atoms with Crippen molar-refractivity contribution in [2.45, 2.75) is 71.1 Å². The molecule has 20 heavy (non-hydrogen) atoms. The van der Waals surface area contributed by atoms with Crippen molar-refractivity contribution < 1.29 is 9.53 Å². The van der Waals surface area contributed by atoms with E-state index in [1.807, 2.05) is 0 Å². The first-order valence-electron chi connectivity index (χ1n) is 8.22. The predicted molar refractivity (Wildman–Crippen MR) is 80.5 cm³/mol. The summed E-state index contributed by atoms with van der Waals surface area (Å²) >= 11 is 0. The summed E-state index contributed by atoms with van der Waals surface area (Å²) in [6, 6.07) is 0.608. The van der Waals surface area contributed by atoms with Crippen LogP contribution in [0.2, 0.25) is 0 Å². The Hall–Kier alpha value is -0.610. The molecule has 1 aliphatic heterocycles. The average Bonchev–Trinajstić information content (AvgIpc) is 2.95. The van der Waals surface area contributed by atoms with Crippen molar-refractivity contribution in [1.29, 1.82) is 0 Å². The van der Waals surface area contributed by atoms with E-state index in [-0.39, 0.29) is 18.1 Å². The van der Waals surface area contributed by atoms with E-state index in [0.29, 0.717) is 24.4 Å². The molecule has 5 atom stereocenters. The molecule has 1 saturated heterocycles. The predicted octanol–water partition coefficient (Wildman–Crippen LogP) is 2.08. The van der Waals surface area contributed by atoms with E-state index in [2.05, 4.69) is 31.4 Å². The van der Waals surface area contributed by atoms with Crippen LogP contribution in [-0.2, 0) is 9.53 Å². The van der Waals surface area contributed by atoms with E-state index in [1.165, 1.54) is 12.8 Å². The minimum atomic E-state index is 0.126. The molecule has 0 aromatic rings. The molecule has 0 aromatic carbocycles. The van der Waals surface area contributed by atoms with Gasteiger partial charge in [0.1, 0.15) is 0 Å². The van der Waals surface area contributed by atoms with Crippen LogP contribution in [-0.4, -0.2) is 37.2 Å². The zero-order valence-corrected chi connectivity index (χ0v) is 13.2. The van der Waals surface area contributed by atoms with Gasteiger partial charge < -0.3 is 15.4 Å².